The average Bonchev–Trinajstić information content (AvgIpc) is 2.94. The topological polar surface area (TPSA) is 51.1 Å². The molecule has 8 heteroatoms. The Labute approximate surface area is 186 Å². The number of aryl methyl sites for hydroxylation is 1. The van der Waals surface area contributed by atoms with Crippen LogP contribution in [-0.4, -0.2) is 21.5 Å². The number of hydrogen-bond donors (Lipinski definition) is 2. The van der Waals surface area contributed by atoms with Crippen LogP contribution in [0.15, 0.2) is 42.5 Å². The van der Waals surface area contributed by atoms with Crippen LogP contribution < -0.4 is 15.4 Å². The Bertz CT molecular complexity index is 1020. The number of nitrogens with zero attached hydrogens (tertiary/aromatic N) is 2. The van der Waals surface area contributed by atoms with Gasteiger partial charge in [-0.3, -0.25) is 4.68 Å². The third-order valence-electron chi connectivity index (χ3n) is 4.36. The Balaban J connectivity index is 1.69. The molecule has 0 saturated heterocycles. The fourth-order valence-corrected chi connectivity index (χ4v) is 3.46. The molecule has 0 atom stereocenters. The molecule has 3 aromatic rings. The van der Waals surface area contributed by atoms with Gasteiger partial charge in [-0.2, -0.15) is 5.10 Å². The molecule has 2 aromatic carbocycles. The van der Waals surface area contributed by atoms with Crippen molar-refractivity contribution in [3.8, 4) is 5.75 Å². The predicted octanol–water partition coefficient (Wildman–Crippen LogP) is 6.06. The van der Waals surface area contributed by atoms with Crippen molar-refractivity contribution < 1.29 is 4.74 Å². The molecule has 1 aromatic heterocycles. The maximum atomic E-state index is 6.12. The normalized spacial score (nSPS) is 10.7. The molecule has 0 aliphatic rings. The molecular weight excluding hydrogens is 427 g/mol. The van der Waals surface area contributed by atoms with Crippen LogP contribution in [0.2, 0.25) is 10.0 Å². The summed E-state index contributed by atoms with van der Waals surface area (Å²) >= 11 is 17.6. The average molecular weight is 449 g/mol. The minimum absolute atomic E-state index is 0.495. The summed E-state index contributed by atoms with van der Waals surface area (Å²) < 4.78 is 7.37. The molecule has 0 aliphatic heterocycles. The third kappa shape index (κ3) is 5.41. The minimum Gasteiger partial charge on any atom is -0.494 e. The summed E-state index contributed by atoms with van der Waals surface area (Å²) in [5.74, 6) is 0.826. The standard InChI is InChI=1S/C21H22Cl2N4OS/c1-4-28-17-8-6-16(7-9-17)24-21(29)25-20-13(2)26-27(14(20)3)12-15-5-10-18(22)19(23)11-15/h5-11H,4,12H2,1-3H3,(H2,24,25,29). The Hall–Kier alpha value is -2.28. The SMILES string of the molecule is CCOc1ccc(NC(=S)Nc2c(C)nn(Cc3ccc(Cl)c(Cl)c3)c2C)cc1. The van der Waals surface area contributed by atoms with Crippen LogP contribution in [0.1, 0.15) is 23.9 Å². The van der Waals surface area contributed by atoms with Crippen LogP contribution in [0.4, 0.5) is 11.4 Å². The van der Waals surface area contributed by atoms with Gasteiger partial charge >= 0.3 is 0 Å². The van der Waals surface area contributed by atoms with Crippen LogP contribution in [0.3, 0.4) is 0 Å². The maximum Gasteiger partial charge on any atom is 0.175 e. The van der Waals surface area contributed by atoms with Crippen LogP contribution in [0, 0.1) is 13.8 Å². The van der Waals surface area contributed by atoms with Gasteiger partial charge in [-0.15, -0.1) is 0 Å². The van der Waals surface area contributed by atoms with E-state index < -0.39 is 0 Å². The Morgan fingerprint density at radius 2 is 1.79 bits per heavy atom. The van der Waals surface area contributed by atoms with E-state index in [9.17, 15) is 0 Å². The highest BCUT2D eigenvalue weighted by Gasteiger charge is 2.13. The van der Waals surface area contributed by atoms with Gasteiger partial charge in [0.25, 0.3) is 0 Å². The molecule has 2 N–H and O–H groups in total. The number of thiocarbonyl (C=S) groups is 1. The first-order valence-corrected chi connectivity index (χ1v) is 10.3. The lowest BCUT2D eigenvalue weighted by atomic mass is 10.2. The number of anilines is 2. The first-order chi connectivity index (χ1) is 13.9. The quantitative estimate of drug-likeness (QED) is 0.448. The van der Waals surface area contributed by atoms with Gasteiger partial charge in [0.15, 0.2) is 5.11 Å². The molecule has 1 heterocycles. The summed E-state index contributed by atoms with van der Waals surface area (Å²) in [6.45, 7) is 7.12. The van der Waals surface area contributed by atoms with Gasteiger partial charge in [0.2, 0.25) is 0 Å². The first kappa shape index (κ1) is 21.4. The van der Waals surface area contributed by atoms with E-state index in [0.29, 0.717) is 28.3 Å². The van der Waals surface area contributed by atoms with Crippen molar-refractivity contribution in [1.82, 2.24) is 9.78 Å². The summed E-state index contributed by atoms with van der Waals surface area (Å²) in [6, 6.07) is 13.2. The number of rotatable bonds is 6. The summed E-state index contributed by atoms with van der Waals surface area (Å²) in [7, 11) is 0. The van der Waals surface area contributed by atoms with E-state index >= 15 is 0 Å². The second-order valence-electron chi connectivity index (χ2n) is 6.49. The minimum atomic E-state index is 0.495. The molecule has 0 unspecified atom stereocenters. The largest absolute Gasteiger partial charge is 0.494 e. The van der Waals surface area contributed by atoms with Crippen molar-refractivity contribution in [1.29, 1.82) is 0 Å². The number of aromatic nitrogens is 2. The van der Waals surface area contributed by atoms with E-state index in [1.54, 1.807) is 6.07 Å². The summed E-state index contributed by atoms with van der Waals surface area (Å²) in [4.78, 5) is 0. The van der Waals surface area contributed by atoms with Crippen molar-refractivity contribution in [2.75, 3.05) is 17.2 Å². The zero-order valence-electron chi connectivity index (χ0n) is 16.4. The molecule has 5 nitrogen and oxygen atoms in total. The molecular formula is C21H22Cl2N4OS. The second-order valence-corrected chi connectivity index (χ2v) is 7.71. The Morgan fingerprint density at radius 1 is 1.07 bits per heavy atom. The van der Waals surface area contributed by atoms with Crippen LogP contribution >= 0.6 is 35.4 Å². The smallest absolute Gasteiger partial charge is 0.175 e. The molecule has 0 radical (unpaired) electrons. The second kappa shape index (κ2) is 9.48. The number of ether oxygens (including phenoxy) is 1. The lowest BCUT2D eigenvalue weighted by molar-refractivity contribution is 0.340. The lowest BCUT2D eigenvalue weighted by Crippen LogP contribution is -2.20. The summed E-state index contributed by atoms with van der Waals surface area (Å²) in [5, 5.41) is 12.6. The maximum absolute atomic E-state index is 6.12. The van der Waals surface area contributed by atoms with Crippen molar-refractivity contribution in [2.24, 2.45) is 0 Å². The monoisotopic (exact) mass is 448 g/mol. The van der Waals surface area contributed by atoms with Gasteiger partial charge in [-0.25, -0.2) is 0 Å². The molecule has 0 spiro atoms. The molecule has 0 fully saturated rings. The van der Waals surface area contributed by atoms with Crippen molar-refractivity contribution in [3.05, 3.63) is 69.5 Å². The van der Waals surface area contributed by atoms with Crippen LogP contribution in [0.25, 0.3) is 0 Å². The highest BCUT2D eigenvalue weighted by molar-refractivity contribution is 7.80. The number of halogens is 2. The molecule has 0 bridgehead atoms. The Morgan fingerprint density at radius 3 is 2.45 bits per heavy atom. The fraction of sp³-hybridized carbons (Fsp3) is 0.238. The fourth-order valence-electron chi connectivity index (χ4n) is 2.92. The van der Waals surface area contributed by atoms with Gasteiger partial charge in [-0.1, -0.05) is 29.3 Å². The zero-order valence-corrected chi connectivity index (χ0v) is 18.8. The van der Waals surface area contributed by atoms with E-state index in [0.717, 1.165) is 34.1 Å². The van der Waals surface area contributed by atoms with Crippen molar-refractivity contribution >= 4 is 51.9 Å². The molecule has 152 valence electrons. The van der Waals surface area contributed by atoms with Crippen LogP contribution in [-0.2, 0) is 6.54 Å². The summed E-state index contributed by atoms with van der Waals surface area (Å²) in [5.41, 5.74) is 4.62. The Kier molecular flexibility index (Phi) is 7.00. The highest BCUT2D eigenvalue weighted by Crippen LogP contribution is 2.25. The van der Waals surface area contributed by atoms with Gasteiger partial charge in [-0.05, 0) is 75.0 Å². The molecule has 3 rings (SSSR count). The molecule has 0 saturated carbocycles. The van der Waals surface area contributed by atoms with Crippen molar-refractivity contribution in [2.45, 2.75) is 27.3 Å². The molecule has 0 aliphatic carbocycles. The van der Waals surface area contributed by atoms with Gasteiger partial charge in [0.1, 0.15) is 5.75 Å². The van der Waals surface area contributed by atoms with E-state index in [-0.39, 0.29) is 0 Å². The lowest BCUT2D eigenvalue weighted by Gasteiger charge is -2.12. The van der Waals surface area contributed by atoms with Gasteiger partial charge in [0, 0.05) is 5.69 Å². The van der Waals surface area contributed by atoms with Gasteiger partial charge < -0.3 is 15.4 Å². The van der Waals surface area contributed by atoms with E-state index in [1.165, 1.54) is 0 Å². The van der Waals surface area contributed by atoms with E-state index in [4.69, 9.17) is 40.2 Å². The predicted molar refractivity (Wildman–Crippen MR) is 125 cm³/mol. The highest BCUT2D eigenvalue weighted by atomic mass is 35.5. The van der Waals surface area contributed by atoms with E-state index in [2.05, 4.69) is 15.7 Å². The van der Waals surface area contributed by atoms with Crippen LogP contribution in [0.5, 0.6) is 5.75 Å². The third-order valence-corrected chi connectivity index (χ3v) is 5.30. The molecule has 0 amide bonds. The number of benzene rings is 2. The summed E-state index contributed by atoms with van der Waals surface area (Å²) in [6.07, 6.45) is 0. The zero-order chi connectivity index (χ0) is 21.0. The molecule has 29 heavy (non-hydrogen) atoms. The van der Waals surface area contributed by atoms with Gasteiger partial charge in [0.05, 0.1) is 40.3 Å². The number of hydrogen-bond acceptors (Lipinski definition) is 3. The van der Waals surface area contributed by atoms with E-state index in [1.807, 2.05) is 61.9 Å². The van der Waals surface area contributed by atoms with Crippen molar-refractivity contribution in [3.63, 3.8) is 0 Å². The first-order valence-electron chi connectivity index (χ1n) is 9.16. The number of nitrogens with one attached hydrogen (secondary N) is 2.